The van der Waals surface area contributed by atoms with Gasteiger partial charge in [0.15, 0.2) is 0 Å². The number of hydrogen-bond acceptors (Lipinski definition) is 2. The lowest BCUT2D eigenvalue weighted by Gasteiger charge is -1.88. The molecule has 0 heterocycles. The Kier molecular flexibility index (Phi) is 3.22. The summed E-state index contributed by atoms with van der Waals surface area (Å²) >= 11 is 0. The largest absolute Gasteiger partial charge is 0.622 e. The van der Waals surface area contributed by atoms with Gasteiger partial charge in [-0.1, -0.05) is 11.2 Å². The molecule has 3 nitrogen and oxygen atoms in total. The first kappa shape index (κ1) is 6.36. The Balaban J connectivity index is 3.25. The summed E-state index contributed by atoms with van der Waals surface area (Å²) in [7, 11) is 0.447. The van der Waals surface area contributed by atoms with E-state index in [1.807, 2.05) is 0 Å². The Morgan fingerprint density at radius 2 is 2.57 bits per heavy atom. The summed E-state index contributed by atoms with van der Waals surface area (Å²) in [5.41, 5.74) is 0. The van der Waals surface area contributed by atoms with E-state index in [-0.39, 0.29) is 0 Å². The predicted molar refractivity (Wildman–Crippen MR) is 31.1 cm³/mol. The highest BCUT2D eigenvalue weighted by Gasteiger charge is 1.71. The van der Waals surface area contributed by atoms with E-state index in [0.717, 1.165) is 0 Å². The first-order valence-electron chi connectivity index (χ1n) is 1.96. The van der Waals surface area contributed by atoms with Crippen LogP contribution in [0.1, 0.15) is 0 Å². The SMILES string of the molecule is C=CC/N=[N+](\[O-])[SiH3]. The standard InChI is InChI=1S/C3H8N2OSi/c1-2-3-4-5(6)7/h2H,1,3H2,7H3/b5-4+. The topological polar surface area (TPSA) is 38.4 Å². The van der Waals surface area contributed by atoms with E-state index in [2.05, 4.69) is 11.7 Å². The van der Waals surface area contributed by atoms with Crippen molar-refractivity contribution in [3.63, 3.8) is 0 Å². The van der Waals surface area contributed by atoms with Crippen LogP contribution in [0.4, 0.5) is 0 Å². The van der Waals surface area contributed by atoms with Gasteiger partial charge in [0.1, 0.15) is 6.54 Å². The highest BCUT2D eigenvalue weighted by molar-refractivity contribution is 5.95. The van der Waals surface area contributed by atoms with Crippen LogP contribution >= 0.6 is 0 Å². The second-order valence-corrected chi connectivity index (χ2v) is 1.84. The van der Waals surface area contributed by atoms with Gasteiger partial charge in [0.05, 0.1) is 0 Å². The number of nitrogens with zero attached hydrogens (tertiary/aromatic N) is 2. The fraction of sp³-hybridized carbons (Fsp3) is 0.333. The van der Waals surface area contributed by atoms with Gasteiger partial charge in [0.2, 0.25) is 0 Å². The molecule has 0 fully saturated rings. The molecule has 4 heteroatoms. The van der Waals surface area contributed by atoms with Crippen LogP contribution in [0.2, 0.25) is 0 Å². The molecule has 40 valence electrons. The summed E-state index contributed by atoms with van der Waals surface area (Å²) < 4.78 is 0.654. The maximum atomic E-state index is 9.97. The molecular formula is C3H8N2OSi. The number of rotatable bonds is 2. The third-order valence-electron chi connectivity index (χ3n) is 0.410. The van der Waals surface area contributed by atoms with Crippen molar-refractivity contribution in [1.82, 2.24) is 0 Å². The summed E-state index contributed by atoms with van der Waals surface area (Å²) in [6.45, 7) is 3.83. The van der Waals surface area contributed by atoms with E-state index in [0.29, 0.717) is 21.5 Å². The molecular weight excluding hydrogens is 108 g/mol. The maximum absolute atomic E-state index is 9.97. The molecule has 7 heavy (non-hydrogen) atoms. The molecule has 0 radical (unpaired) electrons. The van der Waals surface area contributed by atoms with E-state index < -0.39 is 0 Å². The second kappa shape index (κ2) is 3.54. The van der Waals surface area contributed by atoms with Gasteiger partial charge in [-0.15, -0.1) is 6.58 Å². The van der Waals surface area contributed by atoms with Crippen molar-refractivity contribution in [2.45, 2.75) is 0 Å². The van der Waals surface area contributed by atoms with Gasteiger partial charge in [0, 0.05) is 0 Å². The molecule has 0 aliphatic heterocycles. The molecule has 0 aliphatic rings. The Hall–Kier alpha value is -0.643. The van der Waals surface area contributed by atoms with Crippen molar-refractivity contribution < 1.29 is 4.53 Å². The smallest absolute Gasteiger partial charge is 0.354 e. The van der Waals surface area contributed by atoms with Crippen molar-refractivity contribution in [1.29, 1.82) is 0 Å². The van der Waals surface area contributed by atoms with Gasteiger partial charge in [0.25, 0.3) is 0 Å². The van der Waals surface area contributed by atoms with Crippen LogP contribution in [0, 0.1) is 5.21 Å². The molecule has 0 amide bonds. The van der Waals surface area contributed by atoms with Gasteiger partial charge < -0.3 is 5.21 Å². The minimum atomic E-state index is 0.438. The minimum absolute atomic E-state index is 0.438. The first-order valence-corrected chi connectivity index (χ1v) is 2.86. The lowest BCUT2D eigenvalue weighted by molar-refractivity contribution is -0.374. The van der Waals surface area contributed by atoms with E-state index in [1.165, 1.54) is 0 Å². The summed E-state index contributed by atoms with van der Waals surface area (Å²) in [6.07, 6.45) is 1.59. The van der Waals surface area contributed by atoms with Crippen LogP contribution in [0.15, 0.2) is 17.8 Å². The van der Waals surface area contributed by atoms with Crippen molar-refractivity contribution in [2.24, 2.45) is 5.11 Å². The molecule has 0 unspecified atom stereocenters. The quantitative estimate of drug-likeness (QED) is 0.206. The van der Waals surface area contributed by atoms with Crippen LogP contribution < -0.4 is 0 Å². The monoisotopic (exact) mass is 116 g/mol. The Morgan fingerprint density at radius 1 is 2.00 bits per heavy atom. The van der Waals surface area contributed by atoms with Crippen molar-refractivity contribution in [3.05, 3.63) is 17.9 Å². The van der Waals surface area contributed by atoms with Crippen molar-refractivity contribution in [2.75, 3.05) is 6.54 Å². The number of hydrogen-bond donors (Lipinski definition) is 0. The van der Waals surface area contributed by atoms with E-state index >= 15 is 0 Å². The molecule has 0 rings (SSSR count). The summed E-state index contributed by atoms with van der Waals surface area (Å²) in [5.74, 6) is 0. The lowest BCUT2D eigenvalue weighted by atomic mass is 10.7. The van der Waals surface area contributed by atoms with Crippen LogP contribution in [0.3, 0.4) is 0 Å². The zero-order valence-corrected chi connectivity index (χ0v) is 6.29. The molecule has 0 aromatic carbocycles. The van der Waals surface area contributed by atoms with Crippen molar-refractivity contribution in [3.8, 4) is 0 Å². The summed E-state index contributed by atoms with van der Waals surface area (Å²) in [5, 5.41) is 13.4. The van der Waals surface area contributed by atoms with Crippen LogP contribution in [-0.4, -0.2) is 21.5 Å². The highest BCUT2D eigenvalue weighted by atomic mass is 28.2. The molecule has 0 aromatic rings. The molecule has 0 aliphatic carbocycles. The normalized spacial score (nSPS) is 11.7. The van der Waals surface area contributed by atoms with Gasteiger partial charge in [-0.05, 0) is 0 Å². The third-order valence-corrected chi connectivity index (χ3v) is 0.693. The fourth-order valence-corrected chi connectivity index (χ4v) is 0.336. The maximum Gasteiger partial charge on any atom is 0.354 e. The van der Waals surface area contributed by atoms with E-state index in [9.17, 15) is 5.21 Å². The average molecular weight is 116 g/mol. The Labute approximate surface area is 45.4 Å². The highest BCUT2D eigenvalue weighted by Crippen LogP contribution is 1.68. The van der Waals surface area contributed by atoms with Gasteiger partial charge in [-0.2, -0.15) is 4.53 Å². The predicted octanol–water partition coefficient (Wildman–Crippen LogP) is -0.585. The lowest BCUT2D eigenvalue weighted by Crippen LogP contribution is -1.91. The average Bonchev–Trinajstić information content (AvgIpc) is 1.61. The molecule has 0 spiro atoms. The summed E-state index contributed by atoms with van der Waals surface area (Å²) in [4.78, 5) is 0. The van der Waals surface area contributed by atoms with Crippen LogP contribution in [0.5, 0.6) is 0 Å². The van der Waals surface area contributed by atoms with Gasteiger partial charge in [-0.3, -0.25) is 0 Å². The molecule has 0 bridgehead atoms. The van der Waals surface area contributed by atoms with E-state index in [1.54, 1.807) is 6.08 Å². The van der Waals surface area contributed by atoms with Crippen molar-refractivity contribution >= 4 is 10.4 Å². The zero-order chi connectivity index (χ0) is 5.70. The third kappa shape index (κ3) is 5.36. The second-order valence-electron chi connectivity index (χ2n) is 1.08. The molecule has 0 saturated carbocycles. The fourth-order valence-electron chi connectivity index (χ4n) is 0.173. The summed E-state index contributed by atoms with van der Waals surface area (Å²) in [6, 6.07) is 0. The van der Waals surface area contributed by atoms with Gasteiger partial charge in [-0.25, -0.2) is 0 Å². The van der Waals surface area contributed by atoms with Crippen LogP contribution in [-0.2, 0) is 0 Å². The minimum Gasteiger partial charge on any atom is -0.622 e. The Morgan fingerprint density at radius 3 is 2.71 bits per heavy atom. The zero-order valence-electron chi connectivity index (χ0n) is 4.29. The molecule has 0 aromatic heterocycles. The van der Waals surface area contributed by atoms with Crippen LogP contribution in [0.25, 0.3) is 0 Å². The molecule has 0 N–H and O–H groups in total. The molecule has 0 atom stereocenters. The van der Waals surface area contributed by atoms with Gasteiger partial charge >= 0.3 is 10.4 Å². The molecule has 0 saturated heterocycles. The first-order chi connectivity index (χ1) is 3.27. The Bertz CT molecular complexity index is 86.9. The van der Waals surface area contributed by atoms with E-state index in [4.69, 9.17) is 0 Å².